The number of carboxylic acid groups (broad SMARTS) is 1. The van der Waals surface area contributed by atoms with Crippen LogP contribution in [-0.2, 0) is 6.61 Å². The van der Waals surface area contributed by atoms with Crippen LogP contribution in [0, 0.1) is 10.1 Å². The number of nitrogens with one attached hydrogen (secondary N) is 1. The zero-order valence-electron chi connectivity index (χ0n) is 16.4. The Morgan fingerprint density at radius 1 is 1.23 bits per heavy atom. The fraction of sp³-hybridized carbons (Fsp3) is 0.0952. The third-order valence-corrected chi connectivity index (χ3v) is 4.11. The topological polar surface area (TPSA) is 136 Å². The van der Waals surface area contributed by atoms with Gasteiger partial charge >= 0.3 is 5.97 Å². The van der Waals surface area contributed by atoms with Gasteiger partial charge in [-0.2, -0.15) is 5.10 Å². The maximum Gasteiger partial charge on any atom is 0.335 e. The van der Waals surface area contributed by atoms with Gasteiger partial charge in [0.2, 0.25) is 0 Å². The molecule has 0 saturated carbocycles. The number of hydrogen-bond acceptors (Lipinski definition) is 8. The Bertz CT molecular complexity index is 1120. The molecule has 2 aromatic carbocycles. The van der Waals surface area contributed by atoms with Gasteiger partial charge in [0.05, 0.1) is 23.8 Å². The predicted octanol–water partition coefficient (Wildman–Crippen LogP) is 3.72. The summed E-state index contributed by atoms with van der Waals surface area (Å²) in [5, 5.41) is 23.8. The normalized spacial score (nSPS) is 10.6. The second-order valence-electron chi connectivity index (χ2n) is 6.23. The Morgan fingerprint density at radius 2 is 2.06 bits per heavy atom. The number of nitrogens with zero attached hydrogens (tertiary/aromatic N) is 3. The molecule has 10 nitrogen and oxygen atoms in total. The number of aromatic carboxylic acids is 1. The number of methoxy groups -OCH3 is 1. The van der Waals surface area contributed by atoms with Crippen LogP contribution in [0.15, 0.2) is 65.9 Å². The van der Waals surface area contributed by atoms with Crippen molar-refractivity contribution in [1.82, 2.24) is 4.98 Å². The lowest BCUT2D eigenvalue weighted by molar-refractivity contribution is -0.385. The Hall–Kier alpha value is -4.47. The zero-order chi connectivity index (χ0) is 22.2. The lowest BCUT2D eigenvalue weighted by atomic mass is 10.1. The highest BCUT2D eigenvalue weighted by Gasteiger charge is 2.08. The predicted molar refractivity (Wildman–Crippen MR) is 113 cm³/mol. The number of rotatable bonds is 9. The minimum atomic E-state index is -0.999. The fourth-order valence-electron chi connectivity index (χ4n) is 2.57. The summed E-state index contributed by atoms with van der Waals surface area (Å²) in [5.41, 5.74) is 4.20. The third kappa shape index (κ3) is 5.76. The van der Waals surface area contributed by atoms with Crippen molar-refractivity contribution < 1.29 is 24.3 Å². The molecule has 158 valence electrons. The van der Waals surface area contributed by atoms with E-state index >= 15 is 0 Å². The molecular formula is C21H18N4O6. The van der Waals surface area contributed by atoms with Gasteiger partial charge in [0, 0.05) is 6.07 Å². The van der Waals surface area contributed by atoms with E-state index in [4.69, 9.17) is 14.6 Å². The van der Waals surface area contributed by atoms with Gasteiger partial charge in [0.1, 0.15) is 18.6 Å². The van der Waals surface area contributed by atoms with Crippen LogP contribution >= 0.6 is 0 Å². The second kappa shape index (κ2) is 9.83. The van der Waals surface area contributed by atoms with Gasteiger partial charge in [-0.25, -0.2) is 9.78 Å². The molecule has 3 aromatic rings. The number of benzene rings is 2. The molecule has 0 aliphatic carbocycles. The van der Waals surface area contributed by atoms with Gasteiger partial charge in [-0.15, -0.1) is 0 Å². The van der Waals surface area contributed by atoms with Crippen LogP contribution in [0.25, 0.3) is 0 Å². The van der Waals surface area contributed by atoms with Crippen molar-refractivity contribution >= 4 is 23.7 Å². The SMILES string of the molecule is COc1cc(/C=N\Nc2ccc([N+](=O)[O-])cn2)ccc1OCc1cccc(C(=O)O)c1. The first kappa shape index (κ1) is 21.2. The smallest absolute Gasteiger partial charge is 0.335 e. The summed E-state index contributed by atoms with van der Waals surface area (Å²) in [5.74, 6) is 0.329. The number of anilines is 1. The lowest BCUT2D eigenvalue weighted by Gasteiger charge is -2.11. The van der Waals surface area contributed by atoms with E-state index in [0.717, 1.165) is 6.20 Å². The number of aromatic nitrogens is 1. The first-order valence-electron chi connectivity index (χ1n) is 8.99. The molecule has 3 rings (SSSR count). The molecule has 0 radical (unpaired) electrons. The van der Waals surface area contributed by atoms with E-state index in [1.54, 1.807) is 36.4 Å². The highest BCUT2D eigenvalue weighted by molar-refractivity contribution is 5.87. The van der Waals surface area contributed by atoms with Crippen molar-refractivity contribution in [3.63, 3.8) is 0 Å². The van der Waals surface area contributed by atoms with E-state index in [9.17, 15) is 14.9 Å². The maximum atomic E-state index is 11.1. The van der Waals surface area contributed by atoms with Crippen LogP contribution in [0.3, 0.4) is 0 Å². The van der Waals surface area contributed by atoms with Crippen LogP contribution in [-0.4, -0.2) is 34.3 Å². The van der Waals surface area contributed by atoms with Crippen molar-refractivity contribution in [2.24, 2.45) is 5.10 Å². The summed E-state index contributed by atoms with van der Waals surface area (Å²) < 4.78 is 11.1. The Morgan fingerprint density at radius 3 is 2.74 bits per heavy atom. The van der Waals surface area contributed by atoms with Crippen LogP contribution in [0.5, 0.6) is 11.5 Å². The van der Waals surface area contributed by atoms with Gasteiger partial charge in [0.15, 0.2) is 11.5 Å². The minimum absolute atomic E-state index is 0.107. The highest BCUT2D eigenvalue weighted by atomic mass is 16.6. The number of carbonyl (C=O) groups is 1. The van der Waals surface area contributed by atoms with Crippen LogP contribution < -0.4 is 14.9 Å². The van der Waals surface area contributed by atoms with Crippen molar-refractivity contribution in [2.45, 2.75) is 6.61 Å². The molecule has 0 amide bonds. The fourth-order valence-corrected chi connectivity index (χ4v) is 2.57. The summed E-state index contributed by atoms with van der Waals surface area (Å²) in [7, 11) is 1.51. The van der Waals surface area contributed by atoms with Crippen LogP contribution in [0.1, 0.15) is 21.5 Å². The van der Waals surface area contributed by atoms with E-state index in [2.05, 4.69) is 15.5 Å². The van der Waals surface area contributed by atoms with Gasteiger partial charge in [-0.3, -0.25) is 15.5 Å². The van der Waals surface area contributed by atoms with E-state index < -0.39 is 10.9 Å². The molecule has 10 heteroatoms. The molecule has 31 heavy (non-hydrogen) atoms. The number of carboxylic acids is 1. The Kier molecular flexibility index (Phi) is 6.74. The molecule has 0 bridgehead atoms. The summed E-state index contributed by atoms with van der Waals surface area (Å²) in [4.78, 5) is 25.1. The van der Waals surface area contributed by atoms with E-state index in [1.165, 1.54) is 31.5 Å². The number of pyridine rings is 1. The van der Waals surface area contributed by atoms with Crippen LogP contribution in [0.4, 0.5) is 11.5 Å². The number of hydrazone groups is 1. The van der Waals surface area contributed by atoms with E-state index in [-0.39, 0.29) is 17.9 Å². The molecule has 0 spiro atoms. The molecule has 1 heterocycles. The van der Waals surface area contributed by atoms with Crippen LogP contribution in [0.2, 0.25) is 0 Å². The first-order chi connectivity index (χ1) is 15.0. The number of hydrogen-bond donors (Lipinski definition) is 2. The summed E-state index contributed by atoms with van der Waals surface area (Å²) in [6.07, 6.45) is 2.67. The third-order valence-electron chi connectivity index (χ3n) is 4.11. The molecular weight excluding hydrogens is 404 g/mol. The molecule has 0 saturated heterocycles. The van der Waals surface area contributed by atoms with Gasteiger partial charge in [-0.1, -0.05) is 12.1 Å². The molecule has 0 aliphatic rings. The average Bonchev–Trinajstić information content (AvgIpc) is 2.78. The zero-order valence-corrected chi connectivity index (χ0v) is 16.4. The molecule has 0 unspecified atom stereocenters. The van der Waals surface area contributed by atoms with Crippen molar-refractivity contribution in [3.05, 3.63) is 87.6 Å². The molecule has 0 atom stereocenters. The van der Waals surface area contributed by atoms with Crippen molar-refractivity contribution in [1.29, 1.82) is 0 Å². The highest BCUT2D eigenvalue weighted by Crippen LogP contribution is 2.28. The summed E-state index contributed by atoms with van der Waals surface area (Å²) in [6, 6.07) is 14.5. The van der Waals surface area contributed by atoms with E-state index in [1.807, 2.05) is 0 Å². The van der Waals surface area contributed by atoms with Gasteiger partial charge in [-0.05, 0) is 47.5 Å². The summed E-state index contributed by atoms with van der Waals surface area (Å²) in [6.45, 7) is 0.179. The van der Waals surface area contributed by atoms with E-state index in [0.29, 0.717) is 28.4 Å². The molecule has 2 N–H and O–H groups in total. The monoisotopic (exact) mass is 422 g/mol. The minimum Gasteiger partial charge on any atom is -0.493 e. The Balaban J connectivity index is 1.63. The second-order valence-corrected chi connectivity index (χ2v) is 6.23. The molecule has 1 aromatic heterocycles. The quantitative estimate of drug-likeness (QED) is 0.302. The van der Waals surface area contributed by atoms with Crippen molar-refractivity contribution in [2.75, 3.05) is 12.5 Å². The molecule has 0 fully saturated rings. The first-order valence-corrected chi connectivity index (χ1v) is 8.99. The van der Waals surface area contributed by atoms with Gasteiger partial charge < -0.3 is 14.6 Å². The largest absolute Gasteiger partial charge is 0.493 e. The average molecular weight is 422 g/mol. The Labute approximate surface area is 176 Å². The number of ether oxygens (including phenoxy) is 2. The van der Waals surface area contributed by atoms with Gasteiger partial charge in [0.25, 0.3) is 5.69 Å². The molecule has 0 aliphatic heterocycles. The standard InChI is InChI=1S/C21H18N4O6/c1-30-19-10-14(11-23-24-20-8-6-17(12-22-20)25(28)29)5-7-18(19)31-13-15-3-2-4-16(9-15)21(26)27/h2-12H,13H2,1H3,(H,22,24)(H,26,27)/b23-11-. The lowest BCUT2D eigenvalue weighted by Crippen LogP contribution is -2.01. The summed E-state index contributed by atoms with van der Waals surface area (Å²) >= 11 is 0. The van der Waals surface area contributed by atoms with Crippen molar-refractivity contribution in [3.8, 4) is 11.5 Å². The maximum absolute atomic E-state index is 11.1. The number of nitro groups is 1.